The number of para-hydroxylation sites is 1. The molecule has 1 nitrogen and oxygen atoms in total. The number of hydrogen-bond acceptors (Lipinski definition) is 1. The van der Waals surface area contributed by atoms with Crippen molar-refractivity contribution in [3.05, 3.63) is 63.2 Å². The van der Waals surface area contributed by atoms with E-state index in [-0.39, 0.29) is 0 Å². The molecule has 0 fully saturated rings. The van der Waals surface area contributed by atoms with Crippen molar-refractivity contribution < 1.29 is 0 Å². The lowest BCUT2D eigenvalue weighted by Gasteiger charge is -2.17. The molecule has 0 spiro atoms. The Hall–Kier alpha value is -1.03. The Bertz CT molecular complexity index is 533. The lowest BCUT2D eigenvalue weighted by Crippen LogP contribution is -2.07. The number of benzene rings is 2. The maximum absolute atomic E-state index is 3.58. The molecule has 1 N–H and O–H groups in total. The van der Waals surface area contributed by atoms with E-state index in [0.717, 1.165) is 0 Å². The second kappa shape index (κ2) is 7.67. The molecule has 0 radical (unpaired) electrons. The van der Waals surface area contributed by atoms with Gasteiger partial charge in [0.05, 0.1) is 0 Å². The van der Waals surface area contributed by atoms with Crippen molar-refractivity contribution in [1.29, 1.82) is 0 Å². The van der Waals surface area contributed by atoms with Crippen molar-refractivity contribution in [3.8, 4) is 0 Å². The van der Waals surface area contributed by atoms with Gasteiger partial charge in [0.15, 0.2) is 0 Å². The fraction of sp³-hybridized carbons (Fsp3) is 0.333. The molecule has 20 heavy (non-hydrogen) atoms. The van der Waals surface area contributed by atoms with Gasteiger partial charge in [-0.3, -0.25) is 0 Å². The molecule has 0 amide bonds. The molecule has 0 saturated heterocycles. The zero-order chi connectivity index (χ0) is 14.4. The van der Waals surface area contributed by atoms with E-state index in [1.807, 2.05) is 0 Å². The van der Waals surface area contributed by atoms with E-state index in [1.54, 1.807) is 0 Å². The van der Waals surface area contributed by atoms with Gasteiger partial charge in [-0.15, -0.1) is 0 Å². The number of nitrogens with one attached hydrogen (secondary N) is 1. The summed E-state index contributed by atoms with van der Waals surface area (Å²) in [4.78, 5) is 0. The third-order valence-electron chi connectivity index (χ3n) is 3.54. The minimum absolute atomic E-state index is 0.325. The van der Waals surface area contributed by atoms with Crippen LogP contribution in [0.1, 0.15) is 43.9 Å². The van der Waals surface area contributed by atoms with Gasteiger partial charge in [0, 0.05) is 15.3 Å². The van der Waals surface area contributed by atoms with Crippen molar-refractivity contribution >= 4 is 28.3 Å². The summed E-state index contributed by atoms with van der Waals surface area (Å²) in [6.45, 7) is 4.45. The summed E-state index contributed by atoms with van der Waals surface area (Å²) in [6.07, 6.45) is 3.72. The first-order valence-electron chi connectivity index (χ1n) is 7.30. The first-order chi connectivity index (χ1) is 9.70. The zero-order valence-electron chi connectivity index (χ0n) is 12.2. The van der Waals surface area contributed by atoms with E-state index < -0.39 is 0 Å². The van der Waals surface area contributed by atoms with E-state index in [0.29, 0.717) is 6.04 Å². The highest BCUT2D eigenvalue weighted by Crippen LogP contribution is 2.23. The predicted molar refractivity (Wildman–Crippen MR) is 96.3 cm³/mol. The van der Waals surface area contributed by atoms with Crippen molar-refractivity contribution in [2.45, 2.75) is 39.2 Å². The average Bonchev–Trinajstić information content (AvgIpc) is 2.48. The Labute approximate surface area is 135 Å². The molecule has 2 aromatic carbocycles. The third kappa shape index (κ3) is 4.23. The Kier molecular flexibility index (Phi) is 5.89. The number of aryl methyl sites for hydroxylation is 1. The molecule has 0 saturated carbocycles. The molecule has 0 aliphatic rings. The normalized spacial score (nSPS) is 12.2. The number of halogens is 1. The van der Waals surface area contributed by atoms with E-state index in [4.69, 9.17) is 0 Å². The van der Waals surface area contributed by atoms with E-state index in [9.17, 15) is 0 Å². The number of rotatable bonds is 6. The van der Waals surface area contributed by atoms with Crippen LogP contribution in [-0.4, -0.2) is 0 Å². The summed E-state index contributed by atoms with van der Waals surface area (Å²) >= 11 is 2.37. The molecular weight excluding hydrogens is 357 g/mol. The highest BCUT2D eigenvalue weighted by Gasteiger charge is 2.07. The lowest BCUT2D eigenvalue weighted by molar-refractivity contribution is 0.793. The Morgan fingerprint density at radius 2 is 1.75 bits per heavy atom. The van der Waals surface area contributed by atoms with Gasteiger partial charge in [0.2, 0.25) is 0 Å². The minimum atomic E-state index is 0.325. The van der Waals surface area contributed by atoms with Gasteiger partial charge in [0.25, 0.3) is 0 Å². The van der Waals surface area contributed by atoms with Crippen LogP contribution in [0.25, 0.3) is 0 Å². The van der Waals surface area contributed by atoms with Gasteiger partial charge in [0.1, 0.15) is 0 Å². The molecule has 1 atom stereocenters. The molecule has 2 aromatic rings. The van der Waals surface area contributed by atoms with E-state index >= 15 is 0 Å². The quantitative estimate of drug-likeness (QED) is 0.625. The van der Waals surface area contributed by atoms with Crippen LogP contribution < -0.4 is 5.32 Å². The third-order valence-corrected chi connectivity index (χ3v) is 4.49. The minimum Gasteiger partial charge on any atom is -0.378 e. The van der Waals surface area contributed by atoms with Crippen LogP contribution in [0.4, 0.5) is 5.69 Å². The van der Waals surface area contributed by atoms with Crippen LogP contribution in [-0.2, 0) is 6.42 Å². The summed E-state index contributed by atoms with van der Waals surface area (Å²) < 4.78 is 1.26. The largest absolute Gasteiger partial charge is 0.378 e. The maximum Gasteiger partial charge on any atom is 0.0486 e. The van der Waals surface area contributed by atoms with Crippen molar-refractivity contribution in [2.24, 2.45) is 0 Å². The monoisotopic (exact) mass is 379 g/mol. The summed E-state index contributed by atoms with van der Waals surface area (Å²) in [5, 5.41) is 3.58. The van der Waals surface area contributed by atoms with Crippen LogP contribution in [0.2, 0.25) is 0 Å². The van der Waals surface area contributed by atoms with E-state index in [2.05, 4.69) is 90.3 Å². The molecule has 0 heterocycles. The molecule has 106 valence electrons. The first-order valence-corrected chi connectivity index (χ1v) is 8.38. The Balaban J connectivity index is 2.02. The maximum atomic E-state index is 3.58. The van der Waals surface area contributed by atoms with Gasteiger partial charge in [-0.25, -0.2) is 0 Å². The van der Waals surface area contributed by atoms with Gasteiger partial charge in [-0.05, 0) is 65.6 Å². The highest BCUT2D eigenvalue weighted by molar-refractivity contribution is 14.1. The Morgan fingerprint density at radius 3 is 2.40 bits per heavy atom. The molecule has 0 aliphatic heterocycles. The molecule has 1 unspecified atom stereocenters. The van der Waals surface area contributed by atoms with Crippen molar-refractivity contribution in [1.82, 2.24) is 0 Å². The van der Waals surface area contributed by atoms with Gasteiger partial charge in [-0.1, -0.05) is 49.7 Å². The summed E-state index contributed by atoms with van der Waals surface area (Å²) in [5.41, 5.74) is 3.98. The second-order valence-electron chi connectivity index (χ2n) is 5.19. The lowest BCUT2D eigenvalue weighted by atomic mass is 10.0. The fourth-order valence-corrected chi connectivity index (χ4v) is 2.79. The smallest absolute Gasteiger partial charge is 0.0486 e. The molecule has 0 aliphatic carbocycles. The summed E-state index contributed by atoms with van der Waals surface area (Å²) in [6, 6.07) is 17.8. The topological polar surface area (TPSA) is 12.0 Å². The SMILES string of the molecule is CCCCc1ccc(C(C)Nc2ccccc2I)cc1. The van der Waals surface area contributed by atoms with Crippen molar-refractivity contribution in [3.63, 3.8) is 0 Å². The number of unbranched alkanes of at least 4 members (excludes halogenated alkanes) is 1. The number of anilines is 1. The van der Waals surface area contributed by atoms with Crippen LogP contribution in [0, 0.1) is 3.57 Å². The molecule has 2 heteroatoms. The zero-order valence-corrected chi connectivity index (χ0v) is 14.4. The molecule has 0 aromatic heterocycles. The highest BCUT2D eigenvalue weighted by atomic mass is 127. The average molecular weight is 379 g/mol. The molecular formula is C18H22IN. The van der Waals surface area contributed by atoms with E-state index in [1.165, 1.54) is 39.6 Å². The van der Waals surface area contributed by atoms with Crippen LogP contribution in [0.3, 0.4) is 0 Å². The van der Waals surface area contributed by atoms with Crippen LogP contribution in [0.15, 0.2) is 48.5 Å². The standard InChI is InChI=1S/C18H22IN/c1-3-4-7-15-10-12-16(13-11-15)14(2)20-18-9-6-5-8-17(18)19/h5-6,8-14,20H,3-4,7H2,1-2H3. The van der Waals surface area contributed by atoms with Crippen LogP contribution >= 0.6 is 22.6 Å². The van der Waals surface area contributed by atoms with Crippen LogP contribution in [0.5, 0.6) is 0 Å². The first kappa shape index (κ1) is 15.4. The molecule has 2 rings (SSSR count). The summed E-state index contributed by atoms with van der Waals surface area (Å²) in [5.74, 6) is 0. The number of hydrogen-bond donors (Lipinski definition) is 1. The Morgan fingerprint density at radius 1 is 1.05 bits per heavy atom. The van der Waals surface area contributed by atoms with Gasteiger partial charge in [-0.2, -0.15) is 0 Å². The van der Waals surface area contributed by atoms with Gasteiger partial charge >= 0.3 is 0 Å². The summed E-state index contributed by atoms with van der Waals surface area (Å²) in [7, 11) is 0. The van der Waals surface area contributed by atoms with Crippen molar-refractivity contribution in [2.75, 3.05) is 5.32 Å². The fourth-order valence-electron chi connectivity index (χ4n) is 2.25. The van der Waals surface area contributed by atoms with Gasteiger partial charge < -0.3 is 5.32 Å². The molecule has 0 bridgehead atoms. The second-order valence-corrected chi connectivity index (χ2v) is 6.35. The predicted octanol–water partition coefficient (Wildman–Crippen LogP) is 5.81.